The van der Waals surface area contributed by atoms with E-state index in [0.29, 0.717) is 23.7 Å². The molecule has 1 fully saturated rings. The summed E-state index contributed by atoms with van der Waals surface area (Å²) in [7, 11) is 0. The summed E-state index contributed by atoms with van der Waals surface area (Å²) in [4.78, 5) is 0. The minimum Gasteiger partial charge on any atom is -0.0622 e. The van der Waals surface area contributed by atoms with E-state index in [2.05, 4.69) is 135 Å². The zero-order valence-electron chi connectivity index (χ0n) is 19.1. The van der Waals surface area contributed by atoms with Crippen LogP contribution in [0.3, 0.4) is 0 Å². The highest BCUT2D eigenvalue weighted by Gasteiger charge is 2.50. The highest BCUT2D eigenvalue weighted by molar-refractivity contribution is 5.41. The first-order valence-electron chi connectivity index (χ1n) is 11.8. The van der Waals surface area contributed by atoms with E-state index in [-0.39, 0.29) is 5.41 Å². The van der Waals surface area contributed by atoms with Gasteiger partial charge >= 0.3 is 0 Å². The van der Waals surface area contributed by atoms with Crippen LogP contribution in [0.25, 0.3) is 0 Å². The molecular weight excluding hydrogens is 384 g/mol. The molecule has 0 bridgehead atoms. The van der Waals surface area contributed by atoms with Crippen molar-refractivity contribution in [2.24, 2.45) is 5.41 Å². The molecule has 0 unspecified atom stereocenters. The van der Waals surface area contributed by atoms with Crippen molar-refractivity contribution in [1.82, 2.24) is 0 Å². The molecule has 0 heteroatoms. The van der Waals surface area contributed by atoms with Crippen molar-refractivity contribution in [2.75, 3.05) is 0 Å². The van der Waals surface area contributed by atoms with Gasteiger partial charge in [-0.1, -0.05) is 135 Å². The molecule has 0 aliphatic heterocycles. The molecule has 0 N–H and O–H groups in total. The third-order valence-electron chi connectivity index (χ3n) is 7.52. The maximum atomic E-state index is 2.48. The van der Waals surface area contributed by atoms with Crippen molar-refractivity contribution in [3.63, 3.8) is 0 Å². The second-order valence-electron chi connectivity index (χ2n) is 9.97. The van der Waals surface area contributed by atoms with Gasteiger partial charge < -0.3 is 0 Å². The fraction of sp³-hybridized carbons (Fsp3) is 0.250. The first kappa shape index (κ1) is 20.8. The van der Waals surface area contributed by atoms with Crippen LogP contribution < -0.4 is 0 Å². The number of rotatable bonds is 4. The van der Waals surface area contributed by atoms with Gasteiger partial charge in [0.2, 0.25) is 0 Å². The summed E-state index contributed by atoms with van der Waals surface area (Å²) in [5.74, 6) is 1.73. The van der Waals surface area contributed by atoms with Crippen molar-refractivity contribution in [3.8, 4) is 0 Å². The van der Waals surface area contributed by atoms with Gasteiger partial charge in [0, 0.05) is 0 Å². The largest absolute Gasteiger partial charge is 0.0622 e. The predicted molar refractivity (Wildman–Crippen MR) is 135 cm³/mol. The van der Waals surface area contributed by atoms with Gasteiger partial charge in [-0.05, 0) is 57.8 Å². The zero-order chi connectivity index (χ0) is 22.0. The van der Waals surface area contributed by atoms with Crippen LogP contribution in [0.4, 0.5) is 0 Å². The lowest BCUT2D eigenvalue weighted by Crippen LogP contribution is -2.40. The molecule has 4 atom stereocenters. The molecule has 0 nitrogen and oxygen atoms in total. The monoisotopic (exact) mass is 416 g/mol. The zero-order valence-corrected chi connectivity index (χ0v) is 19.1. The normalized spacial score (nSPS) is 24.7. The third kappa shape index (κ3) is 3.91. The van der Waals surface area contributed by atoms with Crippen molar-refractivity contribution in [1.29, 1.82) is 0 Å². The Labute approximate surface area is 193 Å². The van der Waals surface area contributed by atoms with Gasteiger partial charge in [-0.15, -0.1) is 0 Å². The van der Waals surface area contributed by atoms with Crippen molar-refractivity contribution in [3.05, 3.63) is 144 Å². The Morgan fingerprint density at radius 3 is 1.31 bits per heavy atom. The summed E-state index contributed by atoms with van der Waals surface area (Å²) in [6, 6.07) is 44.9. The molecule has 4 aromatic carbocycles. The fourth-order valence-corrected chi connectivity index (χ4v) is 6.30. The molecule has 1 saturated carbocycles. The highest BCUT2D eigenvalue weighted by Crippen LogP contribution is 2.63. The second kappa shape index (κ2) is 8.79. The Balaban J connectivity index is 1.75. The molecule has 0 amide bonds. The van der Waals surface area contributed by atoms with Crippen molar-refractivity contribution in [2.45, 2.75) is 43.9 Å². The molecule has 5 rings (SSSR count). The molecule has 32 heavy (non-hydrogen) atoms. The summed E-state index contributed by atoms with van der Waals surface area (Å²) >= 11 is 0. The summed E-state index contributed by atoms with van der Waals surface area (Å²) in [6.45, 7) is 4.97. The minimum absolute atomic E-state index is 0.160. The van der Waals surface area contributed by atoms with E-state index in [0.717, 1.165) is 0 Å². The van der Waals surface area contributed by atoms with E-state index in [1.54, 1.807) is 0 Å². The Bertz CT molecular complexity index is 1110. The number of hydrogen-bond donors (Lipinski definition) is 0. The molecule has 0 aromatic heterocycles. The van der Waals surface area contributed by atoms with Crippen LogP contribution in [0.2, 0.25) is 0 Å². The van der Waals surface area contributed by atoms with Gasteiger partial charge in [0.15, 0.2) is 0 Å². The van der Waals surface area contributed by atoms with Gasteiger partial charge in [-0.2, -0.15) is 0 Å². The SMILES string of the molecule is CC1(C)C[C@H](c2ccccc2)[C@H](c2ccccc2)[C@@H](c2ccccc2)[C@@H]1c1ccccc1. The fourth-order valence-electron chi connectivity index (χ4n) is 6.30. The molecule has 0 saturated heterocycles. The van der Waals surface area contributed by atoms with E-state index < -0.39 is 0 Å². The third-order valence-corrected chi connectivity index (χ3v) is 7.52. The number of benzene rings is 4. The van der Waals surface area contributed by atoms with E-state index in [9.17, 15) is 0 Å². The smallest absolute Gasteiger partial charge is 0.00132 e. The highest BCUT2D eigenvalue weighted by atomic mass is 14.5. The minimum atomic E-state index is 0.160. The molecule has 0 heterocycles. The lowest BCUT2D eigenvalue weighted by atomic mass is 9.51. The average molecular weight is 417 g/mol. The standard InChI is InChI=1S/C32H32/c1-32(2)23-28(24-15-7-3-8-16-24)29(25-17-9-4-10-18-25)30(26-19-11-5-12-20-26)31(32)27-21-13-6-14-22-27/h3-22,28-31H,23H2,1-2H3/t28-,29+,30-,31+/m1/s1. The van der Waals surface area contributed by atoms with Gasteiger partial charge in [0.25, 0.3) is 0 Å². The van der Waals surface area contributed by atoms with Crippen LogP contribution in [0, 0.1) is 5.41 Å². The predicted octanol–water partition coefficient (Wildman–Crippen LogP) is 8.55. The number of hydrogen-bond acceptors (Lipinski definition) is 0. The Hall–Kier alpha value is -3.12. The van der Waals surface area contributed by atoms with Gasteiger partial charge in [-0.3, -0.25) is 0 Å². The van der Waals surface area contributed by atoms with Crippen LogP contribution in [0.1, 0.15) is 66.2 Å². The Kier molecular flexibility index (Phi) is 5.70. The first-order chi connectivity index (χ1) is 15.6. The van der Waals surface area contributed by atoms with Crippen LogP contribution in [-0.4, -0.2) is 0 Å². The second-order valence-corrected chi connectivity index (χ2v) is 9.97. The Morgan fingerprint density at radius 2 is 0.844 bits per heavy atom. The molecule has 0 radical (unpaired) electrons. The molecule has 0 spiro atoms. The lowest BCUT2D eigenvalue weighted by Gasteiger charge is -2.53. The summed E-state index contributed by atoms with van der Waals surface area (Å²) in [5.41, 5.74) is 5.98. The average Bonchev–Trinajstić information content (AvgIpc) is 2.85. The van der Waals surface area contributed by atoms with E-state index in [4.69, 9.17) is 0 Å². The molecular formula is C32H32. The molecule has 1 aliphatic rings. The maximum absolute atomic E-state index is 2.48. The van der Waals surface area contributed by atoms with Crippen LogP contribution in [-0.2, 0) is 0 Å². The molecule has 4 aromatic rings. The summed E-state index contributed by atoms with van der Waals surface area (Å²) in [6.07, 6.45) is 1.17. The van der Waals surface area contributed by atoms with Crippen molar-refractivity contribution >= 4 is 0 Å². The van der Waals surface area contributed by atoms with E-state index >= 15 is 0 Å². The van der Waals surface area contributed by atoms with Crippen LogP contribution in [0.5, 0.6) is 0 Å². The summed E-state index contributed by atoms with van der Waals surface area (Å²) in [5, 5.41) is 0. The van der Waals surface area contributed by atoms with E-state index in [1.807, 2.05) is 0 Å². The lowest BCUT2D eigenvalue weighted by molar-refractivity contribution is 0.132. The van der Waals surface area contributed by atoms with Crippen LogP contribution >= 0.6 is 0 Å². The van der Waals surface area contributed by atoms with Gasteiger partial charge in [0.1, 0.15) is 0 Å². The van der Waals surface area contributed by atoms with Gasteiger partial charge in [-0.25, -0.2) is 0 Å². The molecule has 1 aliphatic carbocycles. The van der Waals surface area contributed by atoms with Crippen LogP contribution in [0.15, 0.2) is 121 Å². The summed E-state index contributed by atoms with van der Waals surface area (Å²) < 4.78 is 0. The maximum Gasteiger partial charge on any atom is -0.00132 e. The van der Waals surface area contributed by atoms with Crippen molar-refractivity contribution < 1.29 is 0 Å². The van der Waals surface area contributed by atoms with Gasteiger partial charge in [0.05, 0.1) is 0 Å². The topological polar surface area (TPSA) is 0 Å². The van der Waals surface area contributed by atoms with E-state index in [1.165, 1.54) is 28.7 Å². The quantitative estimate of drug-likeness (QED) is 0.312. The molecule has 160 valence electrons. The first-order valence-corrected chi connectivity index (χ1v) is 11.8. The Morgan fingerprint density at radius 1 is 0.469 bits per heavy atom.